The number of ether oxygens (including phenoxy) is 1. The summed E-state index contributed by atoms with van der Waals surface area (Å²) in [7, 11) is 1.51. The largest absolute Gasteiger partial charge is 0.495 e. The minimum Gasteiger partial charge on any atom is -0.495 e. The Morgan fingerprint density at radius 3 is 2.70 bits per heavy atom. The van der Waals surface area contributed by atoms with Crippen molar-refractivity contribution in [3.63, 3.8) is 0 Å². The first kappa shape index (κ1) is 24.6. The van der Waals surface area contributed by atoms with Crippen LogP contribution in [0.4, 0.5) is 5.69 Å². The molecule has 0 aliphatic rings. The maximum absolute atomic E-state index is 12.5. The second-order valence-corrected chi connectivity index (χ2v) is 8.49. The molecule has 2 aromatic carbocycles. The second kappa shape index (κ2) is 11.7. The number of carbonyl (C=O) groups excluding carboxylic acids is 2. The average Bonchev–Trinajstić information content (AvgIpc) is 3.18. The Hall–Kier alpha value is -3.01. The number of nitrogens with zero attached hydrogens (tertiary/aromatic N) is 3. The molecule has 11 heteroatoms. The van der Waals surface area contributed by atoms with E-state index in [0.29, 0.717) is 44.6 Å². The number of anilines is 1. The number of thioether (sulfide) groups is 1. The Kier molecular flexibility index (Phi) is 8.76. The zero-order valence-electron chi connectivity index (χ0n) is 17.7. The first-order valence-corrected chi connectivity index (χ1v) is 11.5. The van der Waals surface area contributed by atoms with Gasteiger partial charge in [0.1, 0.15) is 5.75 Å². The number of carbonyl (C=O) groups is 2. The summed E-state index contributed by atoms with van der Waals surface area (Å²) in [5, 5.41) is 15.4. The number of rotatable bonds is 10. The van der Waals surface area contributed by atoms with Crippen LogP contribution in [-0.2, 0) is 17.9 Å². The number of nitrogens with one attached hydrogen (secondary N) is 2. The molecule has 2 N–H and O–H groups in total. The molecule has 0 aliphatic heterocycles. The highest BCUT2D eigenvalue weighted by Gasteiger charge is 2.16. The van der Waals surface area contributed by atoms with E-state index in [-0.39, 0.29) is 24.1 Å². The van der Waals surface area contributed by atoms with Crippen LogP contribution in [0, 0.1) is 0 Å². The van der Waals surface area contributed by atoms with Crippen molar-refractivity contribution < 1.29 is 14.3 Å². The lowest BCUT2D eigenvalue weighted by Crippen LogP contribution is -2.24. The minimum atomic E-state index is -0.283. The van der Waals surface area contributed by atoms with Crippen LogP contribution in [0.1, 0.15) is 16.2 Å². The lowest BCUT2D eigenvalue weighted by Gasteiger charge is -2.11. The zero-order valence-corrected chi connectivity index (χ0v) is 20.0. The highest BCUT2D eigenvalue weighted by Crippen LogP contribution is 2.28. The fraction of sp³-hybridized carbons (Fsp3) is 0.182. The molecule has 3 aromatic rings. The van der Waals surface area contributed by atoms with E-state index >= 15 is 0 Å². The van der Waals surface area contributed by atoms with Crippen LogP contribution in [0.15, 0.2) is 60.3 Å². The van der Waals surface area contributed by atoms with Gasteiger partial charge in [0.2, 0.25) is 5.91 Å². The Morgan fingerprint density at radius 1 is 1.18 bits per heavy atom. The van der Waals surface area contributed by atoms with Crippen molar-refractivity contribution >= 4 is 52.5 Å². The van der Waals surface area contributed by atoms with Gasteiger partial charge >= 0.3 is 0 Å². The Labute approximate surface area is 205 Å². The van der Waals surface area contributed by atoms with E-state index in [1.165, 1.54) is 18.9 Å². The third-order valence-electron chi connectivity index (χ3n) is 4.37. The molecule has 0 saturated carbocycles. The summed E-state index contributed by atoms with van der Waals surface area (Å²) in [5.41, 5.74) is 0.924. The molecular weight excluding hydrogens is 485 g/mol. The molecule has 1 heterocycles. The number of hydrogen-bond donors (Lipinski definition) is 2. The summed E-state index contributed by atoms with van der Waals surface area (Å²) in [6.07, 6.45) is 1.69. The Morgan fingerprint density at radius 2 is 1.97 bits per heavy atom. The highest BCUT2D eigenvalue weighted by molar-refractivity contribution is 7.99. The van der Waals surface area contributed by atoms with Gasteiger partial charge in [-0.25, -0.2) is 0 Å². The molecule has 0 radical (unpaired) electrons. The van der Waals surface area contributed by atoms with Crippen molar-refractivity contribution in [3.8, 4) is 5.75 Å². The molecule has 1 aromatic heterocycles. The number of methoxy groups -OCH3 is 1. The standard InChI is InChI=1S/C22H21Cl2N5O3S/c1-3-9-29-19(12-25-21(31)14-5-4-6-15(23)10-14)27-28-22(29)33-13-20(30)26-17-11-16(24)7-8-18(17)32-2/h3-8,10-11H,1,9,12-13H2,2H3,(H,25,31)(H,26,30). The summed E-state index contributed by atoms with van der Waals surface area (Å²) in [4.78, 5) is 24.9. The number of halogens is 2. The van der Waals surface area contributed by atoms with E-state index < -0.39 is 0 Å². The van der Waals surface area contributed by atoms with Crippen LogP contribution in [-0.4, -0.2) is 39.4 Å². The van der Waals surface area contributed by atoms with Crippen molar-refractivity contribution in [1.29, 1.82) is 0 Å². The Balaban J connectivity index is 1.63. The first-order chi connectivity index (χ1) is 15.9. The summed E-state index contributed by atoms with van der Waals surface area (Å²) < 4.78 is 7.02. The smallest absolute Gasteiger partial charge is 0.251 e. The monoisotopic (exact) mass is 505 g/mol. The van der Waals surface area contributed by atoms with Gasteiger partial charge in [-0.05, 0) is 36.4 Å². The van der Waals surface area contributed by atoms with Gasteiger partial charge in [0.05, 0.1) is 25.1 Å². The summed E-state index contributed by atoms with van der Waals surface area (Å²) >= 11 is 13.2. The summed E-state index contributed by atoms with van der Waals surface area (Å²) in [6, 6.07) is 11.6. The number of benzene rings is 2. The molecule has 33 heavy (non-hydrogen) atoms. The van der Waals surface area contributed by atoms with E-state index in [1.807, 2.05) is 0 Å². The van der Waals surface area contributed by atoms with Crippen LogP contribution in [0.25, 0.3) is 0 Å². The van der Waals surface area contributed by atoms with Gasteiger partial charge in [0.15, 0.2) is 11.0 Å². The lowest BCUT2D eigenvalue weighted by atomic mass is 10.2. The highest BCUT2D eigenvalue weighted by atomic mass is 35.5. The maximum atomic E-state index is 12.5. The predicted octanol–water partition coefficient (Wildman–Crippen LogP) is 4.44. The molecule has 172 valence electrons. The topological polar surface area (TPSA) is 98.1 Å². The van der Waals surface area contributed by atoms with Crippen LogP contribution in [0.2, 0.25) is 10.0 Å². The number of amides is 2. The third-order valence-corrected chi connectivity index (χ3v) is 5.80. The maximum Gasteiger partial charge on any atom is 0.251 e. The van der Waals surface area contributed by atoms with Crippen molar-refractivity contribution in [1.82, 2.24) is 20.1 Å². The molecule has 0 fully saturated rings. The van der Waals surface area contributed by atoms with Crippen LogP contribution in [0.5, 0.6) is 5.75 Å². The SMILES string of the molecule is C=CCn1c(CNC(=O)c2cccc(Cl)c2)nnc1SCC(=O)Nc1cc(Cl)ccc1OC. The van der Waals surface area contributed by atoms with E-state index in [9.17, 15) is 9.59 Å². The van der Waals surface area contributed by atoms with Crippen LogP contribution in [0.3, 0.4) is 0 Å². The molecular formula is C22H21Cl2N5O3S. The average molecular weight is 506 g/mol. The van der Waals surface area contributed by atoms with Gasteiger partial charge in [-0.1, -0.05) is 47.1 Å². The fourth-order valence-corrected chi connectivity index (χ4v) is 3.98. The first-order valence-electron chi connectivity index (χ1n) is 9.74. The molecule has 2 amide bonds. The van der Waals surface area contributed by atoms with E-state index in [0.717, 1.165) is 0 Å². The quantitative estimate of drug-likeness (QED) is 0.312. The molecule has 3 rings (SSSR count). The van der Waals surface area contributed by atoms with Gasteiger partial charge in [0, 0.05) is 22.2 Å². The minimum absolute atomic E-state index is 0.0832. The van der Waals surface area contributed by atoms with Crippen molar-refractivity contribution in [3.05, 3.63) is 76.6 Å². The molecule has 8 nitrogen and oxygen atoms in total. The molecule has 0 atom stereocenters. The number of aromatic nitrogens is 3. The Bertz CT molecular complexity index is 1170. The van der Waals surface area contributed by atoms with Gasteiger partial charge in [-0.3, -0.25) is 9.59 Å². The zero-order chi connectivity index (χ0) is 23.8. The normalized spacial score (nSPS) is 10.5. The van der Waals surface area contributed by atoms with Crippen molar-refractivity contribution in [2.24, 2.45) is 0 Å². The molecule has 0 spiro atoms. The van der Waals surface area contributed by atoms with Gasteiger partial charge < -0.3 is 19.9 Å². The van der Waals surface area contributed by atoms with E-state index in [4.69, 9.17) is 27.9 Å². The molecule has 0 saturated heterocycles. The molecule has 0 bridgehead atoms. The summed E-state index contributed by atoms with van der Waals surface area (Å²) in [5.74, 6) is 0.578. The van der Waals surface area contributed by atoms with Crippen LogP contribution < -0.4 is 15.4 Å². The van der Waals surface area contributed by atoms with Gasteiger partial charge in [-0.2, -0.15) is 0 Å². The molecule has 0 unspecified atom stereocenters. The predicted molar refractivity (Wildman–Crippen MR) is 130 cm³/mol. The summed E-state index contributed by atoms with van der Waals surface area (Å²) in [6.45, 7) is 4.32. The number of allylic oxidation sites excluding steroid dienone is 1. The second-order valence-electron chi connectivity index (χ2n) is 6.67. The lowest BCUT2D eigenvalue weighted by molar-refractivity contribution is -0.113. The van der Waals surface area contributed by atoms with Gasteiger partial charge in [-0.15, -0.1) is 16.8 Å². The third kappa shape index (κ3) is 6.74. The van der Waals surface area contributed by atoms with Gasteiger partial charge in [0.25, 0.3) is 5.91 Å². The van der Waals surface area contributed by atoms with Crippen molar-refractivity contribution in [2.45, 2.75) is 18.2 Å². The van der Waals surface area contributed by atoms with E-state index in [1.54, 1.807) is 53.1 Å². The van der Waals surface area contributed by atoms with Crippen LogP contribution >= 0.6 is 35.0 Å². The number of hydrogen-bond acceptors (Lipinski definition) is 6. The fourth-order valence-electron chi connectivity index (χ4n) is 2.85. The van der Waals surface area contributed by atoms with E-state index in [2.05, 4.69) is 27.4 Å². The van der Waals surface area contributed by atoms with Crippen molar-refractivity contribution in [2.75, 3.05) is 18.2 Å². The molecule has 0 aliphatic carbocycles.